The summed E-state index contributed by atoms with van der Waals surface area (Å²) in [4.78, 5) is 0. The number of fused-ring (bicyclic) bond motifs is 4. The van der Waals surface area contributed by atoms with Gasteiger partial charge in [0.25, 0.3) is 0 Å². The molecule has 5 rings (SSSR count). The smallest absolute Gasteiger partial charge is 0.0352 e. The third kappa shape index (κ3) is 1.40. The zero-order chi connectivity index (χ0) is 14.0. The Hall–Kier alpha value is -2.08. The summed E-state index contributed by atoms with van der Waals surface area (Å²) in [5, 5.41) is 0. The highest BCUT2D eigenvalue weighted by molar-refractivity contribution is 5.82. The van der Waals surface area contributed by atoms with E-state index in [1.807, 2.05) is 0 Å². The van der Waals surface area contributed by atoms with Crippen LogP contribution < -0.4 is 0 Å². The van der Waals surface area contributed by atoms with Crippen molar-refractivity contribution in [1.82, 2.24) is 0 Å². The van der Waals surface area contributed by atoms with E-state index in [0.717, 1.165) is 5.92 Å². The highest BCUT2D eigenvalue weighted by Crippen LogP contribution is 2.56. The Bertz CT molecular complexity index is 761. The minimum absolute atomic E-state index is 0.439. The quantitative estimate of drug-likeness (QED) is 0.660. The molecule has 2 aromatic carbocycles. The van der Waals surface area contributed by atoms with E-state index >= 15 is 0 Å². The summed E-state index contributed by atoms with van der Waals surface area (Å²) in [6.45, 7) is 2.34. The van der Waals surface area contributed by atoms with E-state index < -0.39 is 0 Å². The first-order chi connectivity index (χ1) is 10.3. The van der Waals surface area contributed by atoms with Gasteiger partial charge < -0.3 is 0 Å². The van der Waals surface area contributed by atoms with Crippen molar-refractivity contribution in [1.29, 1.82) is 0 Å². The summed E-state index contributed by atoms with van der Waals surface area (Å²) in [7, 11) is 0. The molecule has 2 aromatic rings. The molecule has 0 amide bonds. The van der Waals surface area contributed by atoms with Crippen molar-refractivity contribution < 1.29 is 0 Å². The van der Waals surface area contributed by atoms with E-state index in [1.165, 1.54) is 28.7 Å². The van der Waals surface area contributed by atoms with Crippen molar-refractivity contribution in [3.8, 4) is 11.1 Å². The number of hydrogen-bond acceptors (Lipinski definition) is 0. The van der Waals surface area contributed by atoms with Crippen LogP contribution in [0.3, 0.4) is 0 Å². The molecule has 1 fully saturated rings. The molecule has 0 aliphatic heterocycles. The lowest BCUT2D eigenvalue weighted by Crippen LogP contribution is -2.22. The molecule has 0 heterocycles. The topological polar surface area (TPSA) is 0 Å². The highest BCUT2D eigenvalue weighted by Gasteiger charge is 2.40. The van der Waals surface area contributed by atoms with Gasteiger partial charge in [0, 0.05) is 11.8 Å². The maximum absolute atomic E-state index is 2.37. The molecular weight excluding hydrogens is 252 g/mol. The number of allylic oxidation sites excluding steroid dienone is 4. The minimum atomic E-state index is 0.439. The molecule has 0 aromatic heterocycles. The molecule has 101 valence electrons. The van der Waals surface area contributed by atoms with E-state index in [2.05, 4.69) is 67.6 Å². The van der Waals surface area contributed by atoms with Gasteiger partial charge in [-0.25, -0.2) is 0 Å². The fourth-order valence-corrected chi connectivity index (χ4v) is 4.29. The van der Waals surface area contributed by atoms with Crippen LogP contribution in [0.5, 0.6) is 0 Å². The lowest BCUT2D eigenvalue weighted by Gasteiger charge is -2.34. The molecule has 0 spiro atoms. The molecule has 0 bridgehead atoms. The molecule has 0 saturated heterocycles. The van der Waals surface area contributed by atoms with Gasteiger partial charge in [-0.05, 0) is 40.2 Å². The van der Waals surface area contributed by atoms with Crippen molar-refractivity contribution in [2.75, 3.05) is 0 Å². The SMILES string of the molecule is CC1CC2=C(C3c4ccccc4-c4ccccc43)C=C[C]21. The van der Waals surface area contributed by atoms with Crippen LogP contribution >= 0.6 is 0 Å². The predicted octanol–water partition coefficient (Wildman–Crippen LogP) is 5.28. The molecular formula is C21H17. The largest absolute Gasteiger partial charge is 0.0725 e. The molecule has 0 N–H and O–H groups in total. The van der Waals surface area contributed by atoms with Crippen LogP contribution in [0.15, 0.2) is 71.8 Å². The molecule has 1 radical (unpaired) electrons. The third-order valence-electron chi connectivity index (χ3n) is 5.33. The van der Waals surface area contributed by atoms with Gasteiger partial charge in [0.15, 0.2) is 0 Å². The Balaban J connectivity index is 1.75. The summed E-state index contributed by atoms with van der Waals surface area (Å²) >= 11 is 0. The first-order valence-electron chi connectivity index (χ1n) is 7.81. The standard InChI is InChI=1S/C21H17/c1-13-12-20-14(13)10-11-19(20)21-17-8-4-2-6-15(17)16-7-3-5-9-18(16)21/h2-11,13,21H,12H2,1H3. The third-order valence-corrected chi connectivity index (χ3v) is 5.33. The van der Waals surface area contributed by atoms with E-state index in [0.29, 0.717) is 5.92 Å². The molecule has 3 aliphatic rings. The normalized spacial score (nSPS) is 23.0. The molecule has 1 saturated carbocycles. The molecule has 0 nitrogen and oxygen atoms in total. The summed E-state index contributed by atoms with van der Waals surface area (Å²) in [6.07, 6.45) is 5.97. The van der Waals surface area contributed by atoms with Gasteiger partial charge in [0.05, 0.1) is 0 Å². The van der Waals surface area contributed by atoms with Crippen molar-refractivity contribution >= 4 is 0 Å². The van der Waals surface area contributed by atoms with Crippen LogP contribution in [0.25, 0.3) is 11.1 Å². The van der Waals surface area contributed by atoms with Crippen LogP contribution in [0, 0.1) is 11.8 Å². The zero-order valence-electron chi connectivity index (χ0n) is 12.1. The Labute approximate surface area is 125 Å². The second-order valence-electron chi connectivity index (χ2n) is 6.44. The fourth-order valence-electron chi connectivity index (χ4n) is 4.29. The van der Waals surface area contributed by atoms with Gasteiger partial charge in [-0.1, -0.05) is 73.2 Å². The first kappa shape index (κ1) is 11.6. The van der Waals surface area contributed by atoms with Crippen LogP contribution in [0.4, 0.5) is 0 Å². The van der Waals surface area contributed by atoms with Gasteiger partial charge in [-0.2, -0.15) is 0 Å². The molecule has 21 heavy (non-hydrogen) atoms. The van der Waals surface area contributed by atoms with Crippen LogP contribution in [-0.2, 0) is 0 Å². The van der Waals surface area contributed by atoms with Crippen LogP contribution in [-0.4, -0.2) is 0 Å². The predicted molar refractivity (Wildman–Crippen MR) is 86.9 cm³/mol. The minimum Gasteiger partial charge on any atom is -0.0725 e. The number of benzene rings is 2. The van der Waals surface area contributed by atoms with E-state index in [1.54, 1.807) is 17.1 Å². The Morgan fingerprint density at radius 3 is 2.00 bits per heavy atom. The van der Waals surface area contributed by atoms with Crippen molar-refractivity contribution in [2.24, 2.45) is 5.92 Å². The summed E-state index contributed by atoms with van der Waals surface area (Å²) < 4.78 is 0. The average molecular weight is 269 g/mol. The maximum atomic E-state index is 2.37. The lowest BCUT2D eigenvalue weighted by molar-refractivity contribution is 0.531. The highest BCUT2D eigenvalue weighted by atomic mass is 14.4. The second-order valence-corrected chi connectivity index (χ2v) is 6.44. The maximum Gasteiger partial charge on any atom is 0.0352 e. The summed E-state index contributed by atoms with van der Waals surface area (Å²) in [5.41, 5.74) is 8.94. The van der Waals surface area contributed by atoms with E-state index in [-0.39, 0.29) is 0 Å². The van der Waals surface area contributed by atoms with Crippen LogP contribution in [0.1, 0.15) is 30.4 Å². The van der Waals surface area contributed by atoms with Gasteiger partial charge in [0.1, 0.15) is 0 Å². The van der Waals surface area contributed by atoms with Crippen molar-refractivity contribution in [2.45, 2.75) is 19.3 Å². The average Bonchev–Trinajstić information content (AvgIpc) is 3.02. The number of rotatable bonds is 1. The Kier molecular flexibility index (Phi) is 2.19. The van der Waals surface area contributed by atoms with Crippen molar-refractivity contribution in [3.63, 3.8) is 0 Å². The lowest BCUT2D eigenvalue weighted by atomic mass is 9.69. The van der Waals surface area contributed by atoms with Crippen LogP contribution in [0.2, 0.25) is 0 Å². The van der Waals surface area contributed by atoms with E-state index in [9.17, 15) is 0 Å². The molecule has 3 aliphatic carbocycles. The Morgan fingerprint density at radius 1 is 0.810 bits per heavy atom. The van der Waals surface area contributed by atoms with E-state index in [4.69, 9.17) is 0 Å². The van der Waals surface area contributed by atoms with Gasteiger partial charge in [-0.15, -0.1) is 0 Å². The summed E-state index contributed by atoms with van der Waals surface area (Å²) in [6, 6.07) is 17.8. The monoisotopic (exact) mass is 269 g/mol. The van der Waals surface area contributed by atoms with Gasteiger partial charge in [-0.3, -0.25) is 0 Å². The second kappa shape index (κ2) is 3.98. The van der Waals surface area contributed by atoms with Crippen molar-refractivity contribution in [3.05, 3.63) is 88.9 Å². The van der Waals surface area contributed by atoms with Gasteiger partial charge >= 0.3 is 0 Å². The zero-order valence-corrected chi connectivity index (χ0v) is 12.1. The first-order valence-corrected chi connectivity index (χ1v) is 7.81. The summed E-state index contributed by atoms with van der Waals surface area (Å²) in [5.74, 6) is 2.76. The Morgan fingerprint density at radius 2 is 1.43 bits per heavy atom. The van der Waals surface area contributed by atoms with Gasteiger partial charge in [0.2, 0.25) is 0 Å². The number of hydrogen-bond donors (Lipinski definition) is 0. The molecule has 0 heteroatoms. The fraction of sp³-hybridized carbons (Fsp3) is 0.190. The molecule has 1 atom stereocenters. The molecule has 1 unspecified atom stereocenters.